The van der Waals surface area contributed by atoms with Crippen LogP contribution in [0.2, 0.25) is 0 Å². The molecular formula is C24H27N7O2. The zero-order valence-electron chi connectivity index (χ0n) is 19.2. The van der Waals surface area contributed by atoms with Gasteiger partial charge in [-0.3, -0.25) is 9.48 Å². The second-order valence-electron chi connectivity index (χ2n) is 8.54. The minimum absolute atomic E-state index is 0.0650. The fraction of sp³-hybridized carbons (Fsp3) is 0.333. The standard InChI is InChI=1S/C24H27N7O2/c1-13-20-14(11-30(4)29-20)9-18(22(13)32)23-27-19-6-5-16(31-8-7-15(12-31)25-2)10-17(19)21(28-23)24(33)26-3/h5-6,9-11,15,25,32H,7-8,12H2,1-4H3,(H,26,33)/t15-/m0/s1. The Hall–Kier alpha value is -3.72. The van der Waals surface area contributed by atoms with Gasteiger partial charge in [-0.2, -0.15) is 5.10 Å². The lowest BCUT2D eigenvalue weighted by Crippen LogP contribution is -2.29. The van der Waals surface area contributed by atoms with Gasteiger partial charge in [0.1, 0.15) is 11.4 Å². The van der Waals surface area contributed by atoms with E-state index in [9.17, 15) is 9.90 Å². The number of nitrogens with one attached hydrogen (secondary N) is 2. The van der Waals surface area contributed by atoms with Crippen LogP contribution in [0.3, 0.4) is 0 Å². The van der Waals surface area contributed by atoms with E-state index in [2.05, 4.69) is 25.6 Å². The number of nitrogens with zero attached hydrogens (tertiary/aromatic N) is 5. The molecule has 0 radical (unpaired) electrons. The van der Waals surface area contributed by atoms with Gasteiger partial charge in [-0.05, 0) is 44.7 Å². The predicted octanol–water partition coefficient (Wildman–Crippen LogP) is 2.36. The zero-order chi connectivity index (χ0) is 23.3. The molecule has 3 N–H and O–H groups in total. The predicted molar refractivity (Wildman–Crippen MR) is 129 cm³/mol. The van der Waals surface area contributed by atoms with Crippen LogP contribution in [0.25, 0.3) is 33.2 Å². The van der Waals surface area contributed by atoms with E-state index in [0.29, 0.717) is 33.9 Å². The lowest BCUT2D eigenvalue weighted by atomic mass is 10.0. The van der Waals surface area contributed by atoms with Crippen molar-refractivity contribution in [2.24, 2.45) is 7.05 Å². The van der Waals surface area contributed by atoms with Gasteiger partial charge in [0.05, 0.1) is 16.6 Å². The summed E-state index contributed by atoms with van der Waals surface area (Å²) in [7, 11) is 5.40. The van der Waals surface area contributed by atoms with Crippen LogP contribution < -0.4 is 15.5 Å². The van der Waals surface area contributed by atoms with Crippen LogP contribution in [-0.4, -0.2) is 64.0 Å². The molecule has 9 nitrogen and oxygen atoms in total. The van der Waals surface area contributed by atoms with Gasteiger partial charge < -0.3 is 20.6 Å². The second-order valence-corrected chi connectivity index (χ2v) is 8.54. The van der Waals surface area contributed by atoms with Crippen molar-refractivity contribution in [2.45, 2.75) is 19.4 Å². The molecule has 170 valence electrons. The fourth-order valence-electron chi connectivity index (χ4n) is 4.57. The lowest BCUT2D eigenvalue weighted by molar-refractivity contribution is 0.0960. The molecule has 0 saturated carbocycles. The molecule has 1 aliphatic heterocycles. The topological polar surface area (TPSA) is 108 Å². The van der Waals surface area contributed by atoms with Gasteiger partial charge in [-0.1, -0.05) is 0 Å². The van der Waals surface area contributed by atoms with Crippen molar-refractivity contribution in [3.8, 4) is 17.1 Å². The van der Waals surface area contributed by atoms with Crippen molar-refractivity contribution < 1.29 is 9.90 Å². The van der Waals surface area contributed by atoms with Gasteiger partial charge in [0.2, 0.25) is 0 Å². The Morgan fingerprint density at radius 3 is 2.76 bits per heavy atom. The minimum Gasteiger partial charge on any atom is -0.507 e. The number of aromatic nitrogens is 4. The lowest BCUT2D eigenvalue weighted by Gasteiger charge is -2.19. The van der Waals surface area contributed by atoms with Crippen molar-refractivity contribution in [1.82, 2.24) is 30.4 Å². The molecule has 4 aromatic rings. The second kappa shape index (κ2) is 8.00. The summed E-state index contributed by atoms with van der Waals surface area (Å²) in [4.78, 5) is 24.5. The van der Waals surface area contributed by atoms with Gasteiger partial charge in [0.25, 0.3) is 5.91 Å². The number of rotatable bonds is 4. The molecule has 33 heavy (non-hydrogen) atoms. The normalized spacial score (nSPS) is 16.1. The largest absolute Gasteiger partial charge is 0.507 e. The number of aromatic hydroxyl groups is 1. The van der Waals surface area contributed by atoms with Crippen LogP contribution in [0.5, 0.6) is 5.75 Å². The third-order valence-electron chi connectivity index (χ3n) is 6.45. The molecule has 1 fully saturated rings. The number of carbonyl (C=O) groups excluding carboxylic acids is 1. The number of hydrogen-bond donors (Lipinski definition) is 3. The van der Waals surface area contributed by atoms with Crippen LogP contribution in [0.15, 0.2) is 30.5 Å². The number of phenolic OH excluding ortho intramolecular Hbond substituents is 1. The summed E-state index contributed by atoms with van der Waals surface area (Å²) in [5, 5.41) is 22.9. The van der Waals surface area contributed by atoms with Crippen LogP contribution in [0, 0.1) is 6.92 Å². The van der Waals surface area contributed by atoms with Crippen LogP contribution >= 0.6 is 0 Å². The number of likely N-dealkylation sites (N-methyl/N-ethyl adjacent to an activating group) is 1. The highest BCUT2D eigenvalue weighted by Gasteiger charge is 2.24. The molecule has 0 bridgehead atoms. The van der Waals surface area contributed by atoms with E-state index in [0.717, 1.165) is 36.1 Å². The van der Waals surface area contributed by atoms with Gasteiger partial charge >= 0.3 is 0 Å². The van der Waals surface area contributed by atoms with Crippen molar-refractivity contribution in [3.05, 3.63) is 41.7 Å². The number of carbonyl (C=O) groups is 1. The first kappa shape index (κ1) is 21.1. The molecule has 0 spiro atoms. The van der Waals surface area contributed by atoms with E-state index in [1.807, 2.05) is 51.5 Å². The van der Waals surface area contributed by atoms with E-state index in [1.54, 1.807) is 11.7 Å². The molecule has 3 heterocycles. The Kier molecular flexibility index (Phi) is 5.13. The Balaban J connectivity index is 1.67. The maximum absolute atomic E-state index is 12.8. The summed E-state index contributed by atoms with van der Waals surface area (Å²) < 4.78 is 1.70. The van der Waals surface area contributed by atoms with Crippen molar-refractivity contribution in [3.63, 3.8) is 0 Å². The van der Waals surface area contributed by atoms with Crippen molar-refractivity contribution >= 4 is 33.4 Å². The first-order valence-electron chi connectivity index (χ1n) is 11.0. The molecule has 5 rings (SSSR count). The minimum atomic E-state index is -0.297. The third kappa shape index (κ3) is 3.54. The SMILES string of the molecule is CNC(=O)c1nc(-c2cc3cn(C)nc3c(C)c2O)nc2ccc(N3CC[C@H](NC)C3)cc12. The van der Waals surface area contributed by atoms with Gasteiger partial charge in [0.15, 0.2) is 5.82 Å². The summed E-state index contributed by atoms with van der Waals surface area (Å²) >= 11 is 0. The van der Waals surface area contributed by atoms with Gasteiger partial charge in [-0.25, -0.2) is 9.97 Å². The third-order valence-corrected chi connectivity index (χ3v) is 6.45. The highest BCUT2D eigenvalue weighted by molar-refractivity contribution is 6.06. The smallest absolute Gasteiger partial charge is 0.270 e. The number of fused-ring (bicyclic) bond motifs is 2. The summed E-state index contributed by atoms with van der Waals surface area (Å²) in [5.74, 6) is 0.0702. The number of hydrogen-bond acceptors (Lipinski definition) is 7. The molecule has 0 unspecified atom stereocenters. The first-order valence-corrected chi connectivity index (χ1v) is 11.0. The monoisotopic (exact) mass is 445 g/mol. The van der Waals surface area contributed by atoms with Crippen molar-refractivity contribution in [1.29, 1.82) is 0 Å². The molecule has 0 aliphatic carbocycles. The van der Waals surface area contributed by atoms with Gasteiger partial charge in [-0.15, -0.1) is 0 Å². The number of anilines is 1. The van der Waals surface area contributed by atoms with E-state index in [4.69, 9.17) is 4.98 Å². The van der Waals surface area contributed by atoms with Gasteiger partial charge in [0, 0.05) is 61.4 Å². The average molecular weight is 446 g/mol. The van der Waals surface area contributed by atoms with E-state index < -0.39 is 0 Å². The number of amides is 1. The summed E-state index contributed by atoms with van der Waals surface area (Å²) in [6, 6.07) is 8.20. The first-order chi connectivity index (χ1) is 15.9. The number of benzene rings is 2. The summed E-state index contributed by atoms with van der Waals surface area (Å²) in [6.07, 6.45) is 2.95. The Labute approximate surface area is 191 Å². The molecular weight excluding hydrogens is 418 g/mol. The molecule has 1 saturated heterocycles. The highest BCUT2D eigenvalue weighted by atomic mass is 16.3. The number of aryl methyl sites for hydroxylation is 2. The maximum atomic E-state index is 12.8. The Bertz CT molecular complexity index is 1400. The summed E-state index contributed by atoms with van der Waals surface area (Å²) in [6.45, 7) is 3.67. The molecule has 2 aromatic carbocycles. The van der Waals surface area contributed by atoms with Crippen LogP contribution in [0.1, 0.15) is 22.5 Å². The average Bonchev–Trinajstić information content (AvgIpc) is 3.46. The quantitative estimate of drug-likeness (QED) is 0.443. The molecule has 1 aliphatic rings. The Morgan fingerprint density at radius 2 is 2.03 bits per heavy atom. The Morgan fingerprint density at radius 1 is 1.21 bits per heavy atom. The maximum Gasteiger partial charge on any atom is 0.270 e. The highest BCUT2D eigenvalue weighted by Crippen LogP contribution is 2.36. The van der Waals surface area contributed by atoms with Crippen LogP contribution in [-0.2, 0) is 7.05 Å². The molecule has 1 amide bonds. The fourth-order valence-corrected chi connectivity index (χ4v) is 4.57. The number of phenols is 1. The summed E-state index contributed by atoms with van der Waals surface area (Å²) in [5.41, 5.74) is 3.82. The molecule has 2 aromatic heterocycles. The van der Waals surface area contributed by atoms with E-state index >= 15 is 0 Å². The van der Waals surface area contributed by atoms with E-state index in [-0.39, 0.29) is 17.4 Å². The van der Waals surface area contributed by atoms with Crippen LogP contribution in [0.4, 0.5) is 5.69 Å². The van der Waals surface area contributed by atoms with Crippen molar-refractivity contribution in [2.75, 3.05) is 32.1 Å². The zero-order valence-corrected chi connectivity index (χ0v) is 19.2. The molecule has 1 atom stereocenters. The van der Waals surface area contributed by atoms with E-state index in [1.165, 1.54) is 0 Å². The molecule has 9 heteroatoms.